The van der Waals surface area contributed by atoms with Gasteiger partial charge in [0.15, 0.2) is 0 Å². The number of rotatable bonds is 6. The van der Waals surface area contributed by atoms with Gasteiger partial charge >= 0.3 is 0 Å². The van der Waals surface area contributed by atoms with Crippen molar-refractivity contribution in [1.82, 2.24) is 9.62 Å². The Morgan fingerprint density at radius 2 is 1.83 bits per heavy atom. The van der Waals surface area contributed by atoms with Crippen molar-refractivity contribution in [1.29, 1.82) is 0 Å². The number of nitrogens with zero attached hydrogens (tertiary/aromatic N) is 1. The Morgan fingerprint density at radius 1 is 1.22 bits per heavy atom. The number of aryl methyl sites for hydroxylation is 1. The Labute approximate surface area is 137 Å². The van der Waals surface area contributed by atoms with Crippen LogP contribution in [0, 0.1) is 0 Å². The van der Waals surface area contributed by atoms with E-state index < -0.39 is 10.0 Å². The molecule has 0 spiro atoms. The normalized spacial score (nSPS) is 16.5. The van der Waals surface area contributed by atoms with Crippen molar-refractivity contribution >= 4 is 15.9 Å². The topological polar surface area (TPSA) is 75.7 Å². The third-order valence-corrected chi connectivity index (χ3v) is 5.53. The molecule has 0 aromatic heterocycles. The molecule has 0 aliphatic carbocycles. The van der Waals surface area contributed by atoms with Crippen LogP contribution >= 0.6 is 0 Å². The fraction of sp³-hybridized carbons (Fsp3) is 0.562. The molecule has 1 saturated heterocycles. The summed E-state index contributed by atoms with van der Waals surface area (Å²) >= 11 is 0. The summed E-state index contributed by atoms with van der Waals surface area (Å²) in [6.45, 7) is 5.48. The van der Waals surface area contributed by atoms with Crippen LogP contribution in [0.3, 0.4) is 0 Å². The lowest BCUT2D eigenvalue weighted by molar-refractivity contribution is -0.121. The molecule has 2 rings (SSSR count). The van der Waals surface area contributed by atoms with Gasteiger partial charge in [-0.1, -0.05) is 12.1 Å². The van der Waals surface area contributed by atoms with Crippen molar-refractivity contribution in [3.8, 4) is 0 Å². The molecule has 0 atom stereocenters. The van der Waals surface area contributed by atoms with Gasteiger partial charge in [-0.05, 0) is 38.0 Å². The molecule has 6 nitrogen and oxygen atoms in total. The van der Waals surface area contributed by atoms with Crippen molar-refractivity contribution in [3.63, 3.8) is 0 Å². The molecule has 1 aliphatic rings. The van der Waals surface area contributed by atoms with Crippen LogP contribution in [0.15, 0.2) is 29.2 Å². The Hall–Kier alpha value is -1.44. The molecular weight excluding hydrogens is 316 g/mol. The summed E-state index contributed by atoms with van der Waals surface area (Å²) in [4.78, 5) is 11.9. The lowest BCUT2D eigenvalue weighted by Crippen LogP contribution is -2.40. The fourth-order valence-corrected chi connectivity index (χ4v) is 3.82. The first-order valence-electron chi connectivity index (χ1n) is 7.86. The van der Waals surface area contributed by atoms with Gasteiger partial charge in [0.25, 0.3) is 0 Å². The number of morpholine rings is 1. The highest BCUT2D eigenvalue weighted by Gasteiger charge is 2.26. The summed E-state index contributed by atoms with van der Waals surface area (Å²) in [6, 6.07) is 6.90. The summed E-state index contributed by atoms with van der Waals surface area (Å²) < 4.78 is 31.6. The average Bonchev–Trinajstić information content (AvgIpc) is 2.53. The number of nitrogens with one attached hydrogen (secondary N) is 1. The van der Waals surface area contributed by atoms with E-state index in [4.69, 9.17) is 4.74 Å². The van der Waals surface area contributed by atoms with Crippen LogP contribution in [0.25, 0.3) is 0 Å². The zero-order chi connectivity index (χ0) is 16.9. The molecule has 1 heterocycles. The molecule has 1 aliphatic heterocycles. The maximum atomic E-state index is 12.5. The maximum Gasteiger partial charge on any atom is 0.243 e. The van der Waals surface area contributed by atoms with E-state index in [1.807, 2.05) is 13.8 Å². The highest BCUT2D eigenvalue weighted by Crippen LogP contribution is 2.18. The highest BCUT2D eigenvalue weighted by atomic mass is 32.2. The molecule has 128 valence electrons. The van der Waals surface area contributed by atoms with E-state index in [-0.39, 0.29) is 16.8 Å². The van der Waals surface area contributed by atoms with Gasteiger partial charge in [-0.15, -0.1) is 0 Å². The van der Waals surface area contributed by atoms with Crippen LogP contribution in [0.5, 0.6) is 0 Å². The Kier molecular flexibility index (Phi) is 6.15. The number of sulfonamides is 1. The van der Waals surface area contributed by atoms with E-state index in [1.165, 1.54) is 4.31 Å². The van der Waals surface area contributed by atoms with Gasteiger partial charge in [0.2, 0.25) is 15.9 Å². The van der Waals surface area contributed by atoms with Crippen LogP contribution in [0.4, 0.5) is 0 Å². The molecule has 1 fully saturated rings. The smallest absolute Gasteiger partial charge is 0.243 e. The number of hydrogen-bond donors (Lipinski definition) is 1. The van der Waals surface area contributed by atoms with E-state index in [0.29, 0.717) is 39.1 Å². The predicted molar refractivity (Wildman–Crippen MR) is 87.6 cm³/mol. The summed E-state index contributed by atoms with van der Waals surface area (Å²) in [5.74, 6) is 0.00464. The van der Waals surface area contributed by atoms with Crippen LogP contribution < -0.4 is 5.32 Å². The third-order valence-electron chi connectivity index (χ3n) is 3.62. The average molecular weight is 340 g/mol. The fourth-order valence-electron chi connectivity index (χ4n) is 2.42. The SMILES string of the molecule is CC(C)NC(=O)CCc1ccc(S(=O)(=O)N2CCOCC2)cc1. The number of carbonyl (C=O) groups excluding carboxylic acids is 1. The molecule has 1 amide bonds. The van der Waals surface area contributed by atoms with Crippen LogP contribution in [-0.4, -0.2) is 51.0 Å². The second-order valence-corrected chi connectivity index (χ2v) is 7.82. The first-order chi connectivity index (χ1) is 10.9. The molecule has 0 unspecified atom stereocenters. The van der Waals surface area contributed by atoms with Crippen molar-refractivity contribution < 1.29 is 17.9 Å². The van der Waals surface area contributed by atoms with Crippen molar-refractivity contribution in [2.24, 2.45) is 0 Å². The minimum Gasteiger partial charge on any atom is -0.379 e. The minimum atomic E-state index is -3.45. The van der Waals surface area contributed by atoms with Gasteiger partial charge in [0.1, 0.15) is 0 Å². The molecule has 1 aromatic carbocycles. The molecule has 1 aromatic rings. The lowest BCUT2D eigenvalue weighted by Gasteiger charge is -2.26. The second-order valence-electron chi connectivity index (χ2n) is 5.88. The molecule has 7 heteroatoms. The monoisotopic (exact) mass is 340 g/mol. The summed E-state index contributed by atoms with van der Waals surface area (Å²) in [5.41, 5.74) is 0.949. The largest absolute Gasteiger partial charge is 0.379 e. The van der Waals surface area contributed by atoms with Gasteiger partial charge in [0.05, 0.1) is 18.1 Å². The van der Waals surface area contributed by atoms with Crippen LogP contribution in [-0.2, 0) is 26.0 Å². The van der Waals surface area contributed by atoms with E-state index in [1.54, 1.807) is 24.3 Å². The van der Waals surface area contributed by atoms with Gasteiger partial charge < -0.3 is 10.1 Å². The number of amides is 1. The Balaban J connectivity index is 1.97. The molecule has 0 bridgehead atoms. The zero-order valence-corrected chi connectivity index (χ0v) is 14.4. The highest BCUT2D eigenvalue weighted by molar-refractivity contribution is 7.89. The van der Waals surface area contributed by atoms with Crippen molar-refractivity contribution in [2.45, 2.75) is 37.6 Å². The van der Waals surface area contributed by atoms with Crippen LogP contribution in [0.1, 0.15) is 25.8 Å². The quantitative estimate of drug-likeness (QED) is 0.843. The zero-order valence-electron chi connectivity index (χ0n) is 13.6. The van der Waals surface area contributed by atoms with Gasteiger partial charge in [-0.25, -0.2) is 8.42 Å². The number of carbonyl (C=O) groups is 1. The maximum absolute atomic E-state index is 12.5. The Bertz CT molecular complexity index is 620. The van der Waals surface area contributed by atoms with Crippen LogP contribution in [0.2, 0.25) is 0 Å². The number of benzene rings is 1. The second kappa shape index (κ2) is 7.90. The van der Waals surface area contributed by atoms with E-state index >= 15 is 0 Å². The first kappa shape index (κ1) is 17.9. The predicted octanol–water partition coefficient (Wildman–Crippen LogP) is 1.16. The van der Waals surface area contributed by atoms with E-state index in [9.17, 15) is 13.2 Å². The van der Waals surface area contributed by atoms with E-state index in [2.05, 4.69) is 5.32 Å². The standard InChI is InChI=1S/C16H24N2O4S/c1-13(2)17-16(19)8-5-14-3-6-15(7-4-14)23(20,21)18-9-11-22-12-10-18/h3-4,6-7,13H,5,8-12H2,1-2H3,(H,17,19). The minimum absolute atomic E-state index is 0.00464. The van der Waals surface area contributed by atoms with Gasteiger partial charge in [-0.3, -0.25) is 4.79 Å². The summed E-state index contributed by atoms with van der Waals surface area (Å²) in [6.07, 6.45) is 0.990. The molecule has 23 heavy (non-hydrogen) atoms. The summed E-state index contributed by atoms with van der Waals surface area (Å²) in [7, 11) is -3.45. The summed E-state index contributed by atoms with van der Waals surface area (Å²) in [5, 5.41) is 2.84. The number of ether oxygens (including phenoxy) is 1. The molecule has 0 saturated carbocycles. The van der Waals surface area contributed by atoms with Gasteiger partial charge in [0, 0.05) is 25.6 Å². The molecule has 0 radical (unpaired) electrons. The third kappa shape index (κ3) is 5.02. The molecular formula is C16H24N2O4S. The van der Waals surface area contributed by atoms with Crippen molar-refractivity contribution in [2.75, 3.05) is 26.3 Å². The number of hydrogen-bond acceptors (Lipinski definition) is 4. The van der Waals surface area contributed by atoms with E-state index in [0.717, 1.165) is 5.56 Å². The Morgan fingerprint density at radius 3 is 2.39 bits per heavy atom. The van der Waals surface area contributed by atoms with Crippen molar-refractivity contribution in [3.05, 3.63) is 29.8 Å². The van der Waals surface area contributed by atoms with Gasteiger partial charge in [-0.2, -0.15) is 4.31 Å². The molecule has 1 N–H and O–H groups in total. The lowest BCUT2D eigenvalue weighted by atomic mass is 10.1. The first-order valence-corrected chi connectivity index (χ1v) is 9.30.